The molecule has 0 radical (unpaired) electrons. The number of hydrogen-bond acceptors (Lipinski definition) is 7. The van der Waals surface area contributed by atoms with E-state index in [2.05, 4.69) is 20.6 Å². The third kappa shape index (κ3) is 7.15. The van der Waals surface area contributed by atoms with Crippen LogP contribution in [-0.2, 0) is 16.3 Å². The van der Waals surface area contributed by atoms with Crippen LogP contribution in [0.15, 0.2) is 84.0 Å². The number of carbonyl (C=O) groups excluding carboxylic acids is 2. The Kier molecular flexibility index (Phi) is 9.21. The van der Waals surface area contributed by atoms with Gasteiger partial charge in [0, 0.05) is 46.3 Å². The molecule has 0 atom stereocenters. The summed E-state index contributed by atoms with van der Waals surface area (Å²) in [6.07, 6.45) is 7.48. The van der Waals surface area contributed by atoms with Crippen molar-refractivity contribution in [3.8, 4) is 0 Å². The van der Waals surface area contributed by atoms with Gasteiger partial charge in [0.15, 0.2) is 15.6 Å². The van der Waals surface area contributed by atoms with Gasteiger partial charge in [-0.2, -0.15) is 0 Å². The molecule has 0 bridgehead atoms. The van der Waals surface area contributed by atoms with E-state index in [1.165, 1.54) is 18.5 Å². The van der Waals surface area contributed by atoms with Gasteiger partial charge in [-0.15, -0.1) is 0 Å². The number of ketones is 1. The molecule has 5 rings (SSSR count). The van der Waals surface area contributed by atoms with Crippen LogP contribution < -0.4 is 10.6 Å². The number of amides is 1. The smallest absolute Gasteiger partial charge is 0.255 e. The zero-order valence-electron chi connectivity index (χ0n) is 22.5. The minimum Gasteiger partial charge on any atom is -0.324 e. The Morgan fingerprint density at radius 3 is 2.24 bits per heavy atom. The Morgan fingerprint density at radius 2 is 1.55 bits per heavy atom. The summed E-state index contributed by atoms with van der Waals surface area (Å²) in [5.41, 5.74) is 2.28. The van der Waals surface area contributed by atoms with Crippen LogP contribution >= 0.6 is 23.2 Å². The molecule has 1 heterocycles. The van der Waals surface area contributed by atoms with Crippen LogP contribution in [0, 0.1) is 0 Å². The van der Waals surface area contributed by atoms with Crippen LogP contribution in [0.3, 0.4) is 0 Å². The third-order valence-corrected chi connectivity index (χ3v) is 9.95. The first-order chi connectivity index (χ1) is 20.2. The van der Waals surface area contributed by atoms with Gasteiger partial charge in [-0.05, 0) is 79.1 Å². The maximum atomic E-state index is 13.1. The zero-order chi connectivity index (χ0) is 29.7. The molecule has 0 spiro atoms. The Balaban J connectivity index is 1.20. The lowest BCUT2D eigenvalue weighted by Gasteiger charge is -2.21. The number of nitrogens with one attached hydrogen (secondary N) is 2. The van der Waals surface area contributed by atoms with Crippen LogP contribution in [0.5, 0.6) is 0 Å². The van der Waals surface area contributed by atoms with Gasteiger partial charge in [0.05, 0.1) is 15.2 Å². The minimum absolute atomic E-state index is 0.000579. The molecule has 11 heteroatoms. The normalized spacial score (nSPS) is 13.9. The summed E-state index contributed by atoms with van der Waals surface area (Å²) < 4.78 is 25.9. The van der Waals surface area contributed by atoms with E-state index in [9.17, 15) is 18.0 Å². The standard InChI is InChI=1S/C31H28Cl2N4O4S/c32-22-6-4-5-21(16-22)30(39)36-24-11-14-28(33)27(17-24)29(38)15-20-18-34-31(35-19-20)37-23-9-12-26(13-10-23)42(40,41)25-7-2-1-3-8-25/h4-6,9-14,16-19,25H,1-3,7-8,15H2,(H,36,39)(H,34,35,37). The van der Waals surface area contributed by atoms with Crippen LogP contribution in [0.1, 0.15) is 58.4 Å². The van der Waals surface area contributed by atoms with Crippen molar-refractivity contribution in [3.05, 3.63) is 106 Å². The molecule has 1 aliphatic rings. The zero-order valence-corrected chi connectivity index (χ0v) is 24.8. The summed E-state index contributed by atoms with van der Waals surface area (Å²) in [5, 5.41) is 6.20. The fourth-order valence-electron chi connectivity index (χ4n) is 4.87. The number of carbonyl (C=O) groups is 2. The van der Waals surface area contributed by atoms with E-state index in [1.54, 1.807) is 60.7 Å². The molecule has 8 nitrogen and oxygen atoms in total. The van der Waals surface area contributed by atoms with Crippen molar-refractivity contribution in [2.45, 2.75) is 48.7 Å². The first kappa shape index (κ1) is 29.7. The number of sulfone groups is 1. The van der Waals surface area contributed by atoms with E-state index in [0.717, 1.165) is 19.3 Å². The lowest BCUT2D eigenvalue weighted by Crippen LogP contribution is -2.24. The third-order valence-electron chi connectivity index (χ3n) is 7.11. The number of hydrogen-bond donors (Lipinski definition) is 2. The van der Waals surface area contributed by atoms with Crippen molar-refractivity contribution in [1.82, 2.24) is 9.97 Å². The molecule has 216 valence electrons. The monoisotopic (exact) mass is 622 g/mol. The molecule has 1 aliphatic carbocycles. The molecular weight excluding hydrogens is 595 g/mol. The van der Waals surface area contributed by atoms with Crippen LogP contribution in [0.2, 0.25) is 10.0 Å². The number of aromatic nitrogens is 2. The average Bonchev–Trinajstić information content (AvgIpc) is 3.00. The van der Waals surface area contributed by atoms with E-state index in [4.69, 9.17) is 23.2 Å². The quantitative estimate of drug-likeness (QED) is 0.188. The van der Waals surface area contributed by atoms with Gasteiger partial charge in [-0.1, -0.05) is 48.5 Å². The minimum atomic E-state index is -3.34. The van der Waals surface area contributed by atoms with Gasteiger partial charge < -0.3 is 10.6 Å². The SMILES string of the molecule is O=C(Nc1ccc(Cl)c(C(=O)Cc2cnc(Nc3ccc(S(=O)(=O)C4CCCCC4)cc3)nc2)c1)c1cccc(Cl)c1. The molecule has 0 unspecified atom stereocenters. The number of rotatable bonds is 9. The molecule has 4 aromatic rings. The van der Waals surface area contributed by atoms with Crippen molar-refractivity contribution < 1.29 is 18.0 Å². The highest BCUT2D eigenvalue weighted by molar-refractivity contribution is 7.92. The van der Waals surface area contributed by atoms with Crippen molar-refractivity contribution in [2.24, 2.45) is 0 Å². The van der Waals surface area contributed by atoms with Gasteiger partial charge in [0.2, 0.25) is 5.95 Å². The lowest BCUT2D eigenvalue weighted by molar-refractivity contribution is 0.0989. The highest BCUT2D eigenvalue weighted by Gasteiger charge is 2.28. The van der Waals surface area contributed by atoms with Crippen molar-refractivity contribution in [3.63, 3.8) is 0 Å². The average molecular weight is 624 g/mol. The first-order valence-electron chi connectivity index (χ1n) is 13.5. The topological polar surface area (TPSA) is 118 Å². The predicted octanol–water partition coefficient (Wildman–Crippen LogP) is 7.31. The lowest BCUT2D eigenvalue weighted by atomic mass is 10.0. The van der Waals surface area contributed by atoms with E-state index in [-0.39, 0.29) is 33.9 Å². The predicted molar refractivity (Wildman–Crippen MR) is 165 cm³/mol. The Morgan fingerprint density at radius 1 is 0.857 bits per heavy atom. The first-order valence-corrected chi connectivity index (χ1v) is 15.8. The Labute approximate surface area is 254 Å². The van der Waals surface area contributed by atoms with Gasteiger partial charge >= 0.3 is 0 Å². The maximum absolute atomic E-state index is 13.1. The molecule has 42 heavy (non-hydrogen) atoms. The number of Topliss-reactive ketones (excluding diaryl/α,β-unsaturated/α-hetero) is 1. The molecule has 1 fully saturated rings. The highest BCUT2D eigenvalue weighted by Crippen LogP contribution is 2.29. The van der Waals surface area contributed by atoms with Gasteiger partial charge in [0.25, 0.3) is 5.91 Å². The Bertz CT molecular complexity index is 1710. The second kappa shape index (κ2) is 13.0. The summed E-state index contributed by atoms with van der Waals surface area (Å²) in [6.45, 7) is 0. The van der Waals surface area contributed by atoms with Crippen LogP contribution in [0.25, 0.3) is 0 Å². The highest BCUT2D eigenvalue weighted by atomic mass is 35.5. The van der Waals surface area contributed by atoms with Crippen molar-refractivity contribution in [2.75, 3.05) is 10.6 Å². The fraction of sp³-hybridized carbons (Fsp3) is 0.226. The molecule has 1 saturated carbocycles. The molecule has 1 amide bonds. The second-order valence-electron chi connectivity index (χ2n) is 10.1. The number of halogens is 2. The van der Waals surface area contributed by atoms with E-state index in [1.807, 2.05) is 0 Å². The number of benzene rings is 3. The van der Waals surface area contributed by atoms with Crippen molar-refractivity contribution in [1.29, 1.82) is 0 Å². The molecule has 0 saturated heterocycles. The maximum Gasteiger partial charge on any atom is 0.255 e. The van der Waals surface area contributed by atoms with Crippen LogP contribution in [0.4, 0.5) is 17.3 Å². The van der Waals surface area contributed by atoms with Crippen LogP contribution in [-0.4, -0.2) is 35.3 Å². The fourth-order valence-corrected chi connectivity index (χ4v) is 7.13. The number of anilines is 3. The number of nitrogens with zero attached hydrogens (tertiary/aromatic N) is 2. The van der Waals surface area contributed by atoms with Gasteiger partial charge in [0.1, 0.15) is 0 Å². The van der Waals surface area contributed by atoms with E-state index in [0.29, 0.717) is 51.2 Å². The van der Waals surface area contributed by atoms with Gasteiger partial charge in [-0.25, -0.2) is 18.4 Å². The summed E-state index contributed by atoms with van der Waals surface area (Å²) in [4.78, 5) is 34.5. The van der Waals surface area contributed by atoms with E-state index < -0.39 is 9.84 Å². The largest absolute Gasteiger partial charge is 0.324 e. The molecular formula is C31H28Cl2N4O4S. The van der Waals surface area contributed by atoms with Gasteiger partial charge in [-0.3, -0.25) is 9.59 Å². The van der Waals surface area contributed by atoms with E-state index >= 15 is 0 Å². The molecule has 2 N–H and O–H groups in total. The molecule has 1 aromatic heterocycles. The Hall–Kier alpha value is -3.79. The summed E-state index contributed by atoms with van der Waals surface area (Å²) in [5.74, 6) is -0.328. The molecule has 3 aromatic carbocycles. The van der Waals surface area contributed by atoms with Crippen molar-refractivity contribution >= 4 is 62.1 Å². The second-order valence-corrected chi connectivity index (χ2v) is 13.2. The summed E-state index contributed by atoms with van der Waals surface area (Å²) >= 11 is 12.3. The molecule has 0 aliphatic heterocycles. The summed E-state index contributed by atoms with van der Waals surface area (Å²) in [7, 11) is -3.34. The summed E-state index contributed by atoms with van der Waals surface area (Å²) in [6, 6.07) is 17.8.